The number of aromatic carboxylic acids is 1. The molecule has 0 atom stereocenters. The summed E-state index contributed by atoms with van der Waals surface area (Å²) in [5, 5.41) is 8.81. The van der Waals surface area contributed by atoms with Gasteiger partial charge in [-0.2, -0.15) is 0 Å². The van der Waals surface area contributed by atoms with E-state index in [9.17, 15) is 4.79 Å². The third-order valence-corrected chi connectivity index (χ3v) is 2.57. The molecular weight excluding hydrogens is 234 g/mol. The van der Waals surface area contributed by atoms with Gasteiger partial charge in [0.1, 0.15) is 10.8 Å². The van der Waals surface area contributed by atoms with E-state index in [0.29, 0.717) is 24.5 Å². The van der Waals surface area contributed by atoms with Gasteiger partial charge < -0.3 is 14.6 Å². The van der Waals surface area contributed by atoms with Gasteiger partial charge in [-0.15, -0.1) is 0 Å². The zero-order valence-electron chi connectivity index (χ0n) is 8.57. The molecule has 1 N–H and O–H groups in total. The lowest BCUT2D eigenvalue weighted by Gasteiger charge is -2.12. The Labute approximate surface area is 97.0 Å². The number of rotatable bonds is 2. The maximum atomic E-state index is 10.8. The predicted octanol–water partition coefficient (Wildman–Crippen LogP) is 1.79. The van der Waals surface area contributed by atoms with Gasteiger partial charge in [-0.25, -0.2) is 9.78 Å². The first-order valence-corrected chi connectivity index (χ1v) is 5.11. The van der Waals surface area contributed by atoms with Gasteiger partial charge in [-0.3, -0.25) is 0 Å². The lowest BCUT2D eigenvalue weighted by molar-refractivity contribution is -0.0477. The van der Waals surface area contributed by atoms with E-state index in [-0.39, 0.29) is 10.7 Å². The largest absolute Gasteiger partial charge is 0.478 e. The standard InChI is InChI=1S/C10H10ClNO4/c1-5-4-6(9(13)14)8(11)12-7(5)10-15-2-3-16-10/h4,10H,2-3H2,1H3,(H,13,14). The molecule has 1 aliphatic rings. The van der Waals surface area contributed by atoms with Crippen LogP contribution in [0.5, 0.6) is 0 Å². The molecule has 0 saturated carbocycles. The summed E-state index contributed by atoms with van der Waals surface area (Å²) in [5.74, 6) is -1.10. The first kappa shape index (κ1) is 11.3. The number of carboxylic acid groups (broad SMARTS) is 1. The highest BCUT2D eigenvalue weighted by Gasteiger charge is 2.24. The van der Waals surface area contributed by atoms with Gasteiger partial charge >= 0.3 is 5.97 Å². The summed E-state index contributed by atoms with van der Waals surface area (Å²) >= 11 is 5.77. The smallest absolute Gasteiger partial charge is 0.338 e. The van der Waals surface area contributed by atoms with E-state index < -0.39 is 12.3 Å². The van der Waals surface area contributed by atoms with Crippen molar-refractivity contribution in [3.05, 3.63) is 28.0 Å². The van der Waals surface area contributed by atoms with Crippen molar-refractivity contribution in [3.8, 4) is 0 Å². The fraction of sp³-hybridized carbons (Fsp3) is 0.400. The molecule has 0 unspecified atom stereocenters. The van der Waals surface area contributed by atoms with Crippen molar-refractivity contribution in [2.45, 2.75) is 13.2 Å². The Bertz CT molecular complexity index is 429. The molecule has 0 radical (unpaired) electrons. The average molecular weight is 244 g/mol. The molecule has 1 aliphatic heterocycles. The van der Waals surface area contributed by atoms with Crippen LogP contribution < -0.4 is 0 Å². The van der Waals surface area contributed by atoms with Gasteiger partial charge in [-0.1, -0.05) is 11.6 Å². The van der Waals surface area contributed by atoms with Crippen molar-refractivity contribution in [1.29, 1.82) is 0 Å². The van der Waals surface area contributed by atoms with Crippen LogP contribution in [0, 0.1) is 6.92 Å². The van der Waals surface area contributed by atoms with E-state index in [2.05, 4.69) is 4.98 Å². The number of carboxylic acids is 1. The number of halogens is 1. The zero-order valence-corrected chi connectivity index (χ0v) is 9.32. The van der Waals surface area contributed by atoms with Gasteiger partial charge in [0.05, 0.1) is 18.8 Å². The third-order valence-electron chi connectivity index (χ3n) is 2.28. The highest BCUT2D eigenvalue weighted by atomic mass is 35.5. The van der Waals surface area contributed by atoms with Crippen LogP contribution in [-0.2, 0) is 9.47 Å². The number of carbonyl (C=O) groups is 1. The number of hydrogen-bond donors (Lipinski definition) is 1. The Morgan fingerprint density at radius 3 is 2.75 bits per heavy atom. The molecular formula is C10H10ClNO4. The number of aromatic nitrogens is 1. The van der Waals surface area contributed by atoms with Crippen LogP contribution in [0.25, 0.3) is 0 Å². The minimum absolute atomic E-state index is 0.0130. The van der Waals surface area contributed by atoms with E-state index >= 15 is 0 Å². The van der Waals surface area contributed by atoms with Gasteiger partial charge in [0.15, 0.2) is 0 Å². The monoisotopic (exact) mass is 243 g/mol. The molecule has 5 nitrogen and oxygen atoms in total. The van der Waals surface area contributed by atoms with Crippen LogP contribution in [0.2, 0.25) is 5.15 Å². The summed E-state index contributed by atoms with van der Waals surface area (Å²) in [7, 11) is 0. The van der Waals surface area contributed by atoms with E-state index in [1.54, 1.807) is 6.92 Å². The number of pyridine rings is 1. The Hall–Kier alpha value is -1.17. The summed E-state index contributed by atoms with van der Waals surface area (Å²) in [4.78, 5) is 14.8. The van der Waals surface area contributed by atoms with E-state index in [1.807, 2.05) is 0 Å². The molecule has 0 aliphatic carbocycles. The van der Waals surface area contributed by atoms with Crippen molar-refractivity contribution in [2.75, 3.05) is 13.2 Å². The molecule has 0 spiro atoms. The first-order chi connectivity index (χ1) is 7.59. The average Bonchev–Trinajstić information content (AvgIpc) is 2.73. The van der Waals surface area contributed by atoms with E-state index in [1.165, 1.54) is 6.07 Å². The third kappa shape index (κ3) is 2.02. The molecule has 0 bridgehead atoms. The number of nitrogens with zero attached hydrogens (tertiary/aromatic N) is 1. The zero-order chi connectivity index (χ0) is 11.7. The van der Waals surface area contributed by atoms with Crippen molar-refractivity contribution in [2.24, 2.45) is 0 Å². The topological polar surface area (TPSA) is 68.7 Å². The van der Waals surface area contributed by atoms with Crippen LogP contribution in [0.1, 0.15) is 27.9 Å². The second-order valence-electron chi connectivity index (χ2n) is 3.41. The minimum atomic E-state index is -1.10. The van der Waals surface area contributed by atoms with Crippen LogP contribution in [-0.4, -0.2) is 29.3 Å². The van der Waals surface area contributed by atoms with Crippen LogP contribution >= 0.6 is 11.6 Å². The lowest BCUT2D eigenvalue weighted by Crippen LogP contribution is -2.08. The number of aryl methyl sites for hydroxylation is 1. The van der Waals surface area contributed by atoms with E-state index in [0.717, 1.165) is 0 Å². The van der Waals surface area contributed by atoms with Gasteiger partial charge in [-0.05, 0) is 18.6 Å². The summed E-state index contributed by atoms with van der Waals surface area (Å²) in [6, 6.07) is 1.47. The maximum absolute atomic E-state index is 10.8. The van der Waals surface area contributed by atoms with Gasteiger partial charge in [0, 0.05) is 0 Å². The van der Waals surface area contributed by atoms with E-state index in [4.69, 9.17) is 26.2 Å². The lowest BCUT2D eigenvalue weighted by atomic mass is 10.1. The fourth-order valence-electron chi connectivity index (χ4n) is 1.51. The normalized spacial score (nSPS) is 16.6. The fourth-order valence-corrected chi connectivity index (χ4v) is 1.74. The van der Waals surface area contributed by atoms with Crippen LogP contribution in [0.15, 0.2) is 6.07 Å². The molecule has 1 aromatic rings. The minimum Gasteiger partial charge on any atom is -0.478 e. The summed E-state index contributed by atoms with van der Waals surface area (Å²) in [6.07, 6.45) is -0.541. The molecule has 1 aromatic heterocycles. The highest BCUT2D eigenvalue weighted by Crippen LogP contribution is 2.27. The van der Waals surface area contributed by atoms with Crippen molar-refractivity contribution in [3.63, 3.8) is 0 Å². The number of ether oxygens (including phenoxy) is 2. The molecule has 2 heterocycles. The predicted molar refractivity (Wildman–Crippen MR) is 55.6 cm³/mol. The second kappa shape index (κ2) is 4.37. The highest BCUT2D eigenvalue weighted by molar-refractivity contribution is 6.32. The second-order valence-corrected chi connectivity index (χ2v) is 3.77. The molecule has 86 valence electrons. The molecule has 1 saturated heterocycles. The SMILES string of the molecule is Cc1cc(C(=O)O)c(Cl)nc1C1OCCO1. The Balaban J connectivity index is 2.40. The summed E-state index contributed by atoms with van der Waals surface area (Å²) in [5.41, 5.74) is 1.21. The molecule has 0 aromatic carbocycles. The summed E-state index contributed by atoms with van der Waals surface area (Å²) < 4.78 is 10.6. The van der Waals surface area contributed by atoms with Crippen LogP contribution in [0.3, 0.4) is 0 Å². The molecule has 0 amide bonds. The summed E-state index contributed by atoms with van der Waals surface area (Å²) in [6.45, 7) is 2.75. The quantitative estimate of drug-likeness (QED) is 0.802. The molecule has 16 heavy (non-hydrogen) atoms. The van der Waals surface area contributed by atoms with Crippen molar-refractivity contribution >= 4 is 17.6 Å². The van der Waals surface area contributed by atoms with Crippen molar-refractivity contribution in [1.82, 2.24) is 4.98 Å². The number of hydrogen-bond acceptors (Lipinski definition) is 4. The maximum Gasteiger partial charge on any atom is 0.338 e. The van der Waals surface area contributed by atoms with Crippen LogP contribution in [0.4, 0.5) is 0 Å². The Kier molecular flexibility index (Phi) is 3.09. The molecule has 1 fully saturated rings. The Morgan fingerprint density at radius 2 is 2.19 bits per heavy atom. The van der Waals surface area contributed by atoms with Gasteiger partial charge in [0.2, 0.25) is 6.29 Å². The first-order valence-electron chi connectivity index (χ1n) is 4.73. The Morgan fingerprint density at radius 1 is 1.56 bits per heavy atom. The molecule has 6 heteroatoms. The van der Waals surface area contributed by atoms with Crippen molar-refractivity contribution < 1.29 is 19.4 Å². The van der Waals surface area contributed by atoms with Gasteiger partial charge in [0.25, 0.3) is 0 Å². The molecule has 2 rings (SSSR count).